The van der Waals surface area contributed by atoms with E-state index in [0.717, 1.165) is 23.5 Å². The molecular formula is C21H21F2N3O3S2. The average molecular weight is 466 g/mol. The maximum Gasteiger partial charge on any atom is 0.257 e. The minimum absolute atomic E-state index is 0.0357. The van der Waals surface area contributed by atoms with E-state index < -0.39 is 27.6 Å². The van der Waals surface area contributed by atoms with Crippen LogP contribution in [0.1, 0.15) is 29.8 Å². The molecule has 3 rings (SSSR count). The van der Waals surface area contributed by atoms with Crippen LogP contribution in [0.15, 0.2) is 46.7 Å². The number of benzene rings is 2. The van der Waals surface area contributed by atoms with Crippen LogP contribution >= 0.6 is 11.3 Å². The monoisotopic (exact) mass is 465 g/mol. The molecule has 0 bridgehead atoms. The highest BCUT2D eigenvalue weighted by atomic mass is 32.2. The molecule has 0 aliphatic heterocycles. The van der Waals surface area contributed by atoms with Gasteiger partial charge in [0.15, 0.2) is 16.8 Å². The molecule has 1 N–H and O–H groups in total. The first-order chi connectivity index (χ1) is 14.7. The fourth-order valence-electron chi connectivity index (χ4n) is 3.00. The van der Waals surface area contributed by atoms with Crippen LogP contribution in [0.3, 0.4) is 0 Å². The molecule has 164 valence electrons. The van der Waals surface area contributed by atoms with Gasteiger partial charge in [-0.2, -0.15) is 4.31 Å². The molecule has 0 unspecified atom stereocenters. The normalized spacial score (nSPS) is 11.7. The van der Waals surface area contributed by atoms with Gasteiger partial charge in [-0.25, -0.2) is 22.2 Å². The molecule has 3 aromatic rings. The van der Waals surface area contributed by atoms with Gasteiger partial charge in [-0.3, -0.25) is 10.1 Å². The second-order valence-electron chi connectivity index (χ2n) is 6.69. The van der Waals surface area contributed by atoms with Gasteiger partial charge in [0.25, 0.3) is 5.91 Å². The Labute approximate surface area is 183 Å². The number of anilines is 1. The number of nitrogens with one attached hydrogen (secondary N) is 1. The second-order valence-corrected chi connectivity index (χ2v) is 9.48. The summed E-state index contributed by atoms with van der Waals surface area (Å²) in [5.74, 6) is -2.46. The SMILES string of the molecule is CCN(CC)S(=O)(=O)c1ccc(C)c(C(=O)Nc2nc(-c3ccc(F)c(F)c3)cs2)c1. The van der Waals surface area contributed by atoms with Crippen LogP contribution in [0, 0.1) is 18.6 Å². The molecule has 1 aromatic heterocycles. The Balaban J connectivity index is 1.86. The van der Waals surface area contributed by atoms with E-state index in [1.807, 2.05) is 0 Å². The molecule has 0 fully saturated rings. The summed E-state index contributed by atoms with van der Waals surface area (Å²) in [6.45, 7) is 5.84. The summed E-state index contributed by atoms with van der Waals surface area (Å²) in [4.78, 5) is 17.1. The highest BCUT2D eigenvalue weighted by Gasteiger charge is 2.23. The molecule has 10 heteroatoms. The molecule has 0 aliphatic rings. The van der Waals surface area contributed by atoms with Gasteiger partial charge in [0, 0.05) is 29.6 Å². The number of sulfonamides is 1. The zero-order valence-corrected chi connectivity index (χ0v) is 18.8. The third-order valence-corrected chi connectivity index (χ3v) is 7.54. The third-order valence-electron chi connectivity index (χ3n) is 4.74. The number of aryl methyl sites for hydroxylation is 1. The number of hydrogen-bond donors (Lipinski definition) is 1. The number of amides is 1. The molecule has 0 atom stereocenters. The van der Waals surface area contributed by atoms with Crippen LogP contribution in [-0.2, 0) is 10.0 Å². The number of halogens is 2. The first-order valence-electron chi connectivity index (χ1n) is 9.50. The number of aromatic nitrogens is 1. The van der Waals surface area contributed by atoms with E-state index in [2.05, 4.69) is 10.3 Å². The van der Waals surface area contributed by atoms with Gasteiger partial charge in [0.1, 0.15) is 0 Å². The van der Waals surface area contributed by atoms with Crippen LogP contribution in [0.5, 0.6) is 0 Å². The van der Waals surface area contributed by atoms with E-state index in [1.54, 1.807) is 32.2 Å². The van der Waals surface area contributed by atoms with Crippen molar-refractivity contribution in [2.45, 2.75) is 25.7 Å². The number of nitrogens with zero attached hydrogens (tertiary/aromatic N) is 2. The molecule has 6 nitrogen and oxygen atoms in total. The Morgan fingerprint density at radius 3 is 2.45 bits per heavy atom. The maximum atomic E-state index is 13.5. The average Bonchev–Trinajstić information content (AvgIpc) is 3.19. The lowest BCUT2D eigenvalue weighted by Crippen LogP contribution is -2.30. The van der Waals surface area contributed by atoms with Crippen molar-refractivity contribution in [3.05, 3.63) is 64.5 Å². The van der Waals surface area contributed by atoms with Crippen molar-refractivity contribution in [1.29, 1.82) is 0 Å². The minimum atomic E-state index is -3.71. The lowest BCUT2D eigenvalue weighted by atomic mass is 10.1. The van der Waals surface area contributed by atoms with Gasteiger partial charge in [-0.1, -0.05) is 19.9 Å². The summed E-state index contributed by atoms with van der Waals surface area (Å²) < 4.78 is 53.5. The number of thiazole rings is 1. The molecular weight excluding hydrogens is 444 g/mol. The van der Waals surface area contributed by atoms with E-state index in [0.29, 0.717) is 29.9 Å². The molecule has 31 heavy (non-hydrogen) atoms. The summed E-state index contributed by atoms with van der Waals surface area (Å²) in [6.07, 6.45) is 0. The summed E-state index contributed by atoms with van der Waals surface area (Å²) in [6, 6.07) is 7.84. The maximum absolute atomic E-state index is 13.5. The van der Waals surface area contributed by atoms with Crippen molar-refractivity contribution in [1.82, 2.24) is 9.29 Å². The molecule has 0 saturated heterocycles. The summed E-state index contributed by atoms with van der Waals surface area (Å²) in [5.41, 5.74) is 1.57. The van der Waals surface area contributed by atoms with E-state index in [1.165, 1.54) is 22.5 Å². The first-order valence-corrected chi connectivity index (χ1v) is 11.8. The highest BCUT2D eigenvalue weighted by Crippen LogP contribution is 2.27. The lowest BCUT2D eigenvalue weighted by molar-refractivity contribution is 0.102. The molecule has 0 spiro atoms. The van der Waals surface area contributed by atoms with Crippen molar-refractivity contribution in [3.8, 4) is 11.3 Å². The second kappa shape index (κ2) is 9.21. The van der Waals surface area contributed by atoms with Crippen molar-refractivity contribution >= 4 is 32.4 Å². The van der Waals surface area contributed by atoms with Crippen LogP contribution in [0.2, 0.25) is 0 Å². The van der Waals surface area contributed by atoms with Gasteiger partial charge in [-0.15, -0.1) is 11.3 Å². The van der Waals surface area contributed by atoms with Crippen LogP contribution < -0.4 is 5.32 Å². The van der Waals surface area contributed by atoms with Crippen molar-refractivity contribution < 1.29 is 22.0 Å². The number of rotatable bonds is 7. The Bertz CT molecular complexity index is 1220. The molecule has 0 radical (unpaired) electrons. The zero-order chi connectivity index (χ0) is 22.8. The van der Waals surface area contributed by atoms with Crippen LogP contribution in [0.4, 0.5) is 13.9 Å². The standard InChI is InChI=1S/C21H21F2N3O3S2/c1-4-26(5-2)31(28,29)15-8-6-13(3)16(11-15)20(27)25-21-24-19(12-30-21)14-7-9-17(22)18(23)10-14/h6-12H,4-5H2,1-3H3,(H,24,25,27). The molecule has 1 amide bonds. The van der Waals surface area contributed by atoms with E-state index in [9.17, 15) is 22.0 Å². The Morgan fingerprint density at radius 2 is 1.81 bits per heavy atom. The highest BCUT2D eigenvalue weighted by molar-refractivity contribution is 7.89. The van der Waals surface area contributed by atoms with Crippen LogP contribution in [0.25, 0.3) is 11.3 Å². The Morgan fingerprint density at radius 1 is 1.10 bits per heavy atom. The summed E-state index contributed by atoms with van der Waals surface area (Å²) in [7, 11) is -3.71. The van der Waals surface area contributed by atoms with Gasteiger partial charge >= 0.3 is 0 Å². The van der Waals surface area contributed by atoms with Gasteiger partial charge in [-0.05, 0) is 42.8 Å². The first kappa shape index (κ1) is 23.0. The predicted molar refractivity (Wildman–Crippen MR) is 117 cm³/mol. The van der Waals surface area contributed by atoms with E-state index in [-0.39, 0.29) is 15.6 Å². The molecule has 0 saturated carbocycles. The predicted octanol–water partition coefficient (Wildman–Crippen LogP) is 4.68. The van der Waals surface area contributed by atoms with Crippen molar-refractivity contribution in [2.75, 3.05) is 18.4 Å². The summed E-state index contributed by atoms with van der Waals surface area (Å²) in [5, 5.41) is 4.50. The fraction of sp³-hybridized carbons (Fsp3) is 0.238. The quantitative estimate of drug-likeness (QED) is 0.550. The fourth-order valence-corrected chi connectivity index (χ4v) is 5.20. The lowest BCUT2D eigenvalue weighted by Gasteiger charge is -2.19. The molecule has 2 aromatic carbocycles. The minimum Gasteiger partial charge on any atom is -0.298 e. The van der Waals surface area contributed by atoms with Crippen LogP contribution in [-0.4, -0.2) is 36.7 Å². The van der Waals surface area contributed by atoms with Gasteiger partial charge in [0.05, 0.1) is 10.6 Å². The zero-order valence-electron chi connectivity index (χ0n) is 17.1. The third kappa shape index (κ3) is 4.81. The van der Waals surface area contributed by atoms with Gasteiger partial charge in [0.2, 0.25) is 10.0 Å². The topological polar surface area (TPSA) is 79.4 Å². The number of hydrogen-bond acceptors (Lipinski definition) is 5. The number of carbonyl (C=O) groups excluding carboxylic acids is 1. The summed E-state index contributed by atoms with van der Waals surface area (Å²) >= 11 is 1.12. The Hall–Kier alpha value is -2.69. The molecule has 0 aliphatic carbocycles. The van der Waals surface area contributed by atoms with Crippen molar-refractivity contribution in [3.63, 3.8) is 0 Å². The Kier molecular flexibility index (Phi) is 6.83. The van der Waals surface area contributed by atoms with Crippen molar-refractivity contribution in [2.24, 2.45) is 0 Å². The largest absolute Gasteiger partial charge is 0.298 e. The number of carbonyl (C=O) groups is 1. The van der Waals surface area contributed by atoms with E-state index in [4.69, 9.17) is 0 Å². The van der Waals surface area contributed by atoms with E-state index >= 15 is 0 Å². The molecule has 1 heterocycles. The smallest absolute Gasteiger partial charge is 0.257 e. The van der Waals surface area contributed by atoms with Gasteiger partial charge < -0.3 is 0 Å².